The third-order valence-electron chi connectivity index (χ3n) is 3.27. The van der Waals surface area contributed by atoms with Gasteiger partial charge in [0.1, 0.15) is 0 Å². The lowest BCUT2D eigenvalue weighted by molar-refractivity contribution is 0.313. The summed E-state index contributed by atoms with van der Waals surface area (Å²) < 4.78 is 0. The molecule has 15 heavy (non-hydrogen) atoms. The molecule has 0 N–H and O–H groups in total. The number of nitrogens with zero attached hydrogens (tertiary/aromatic N) is 1. The minimum absolute atomic E-state index is 1.10. The molecular weight excluding hydrogens is 182 g/mol. The van der Waals surface area contributed by atoms with Crippen LogP contribution in [0.1, 0.15) is 11.1 Å². The van der Waals surface area contributed by atoms with Gasteiger partial charge in [-0.15, -0.1) is 0 Å². The van der Waals surface area contributed by atoms with E-state index in [1.54, 1.807) is 0 Å². The Morgan fingerprint density at radius 3 is 2.40 bits per heavy atom. The summed E-state index contributed by atoms with van der Waals surface area (Å²) in [4.78, 5) is 2.39. The van der Waals surface area contributed by atoms with Crippen LogP contribution in [0.25, 0.3) is 10.8 Å². The van der Waals surface area contributed by atoms with E-state index in [0.717, 1.165) is 6.54 Å². The molecule has 2 aromatic rings. The van der Waals surface area contributed by atoms with Crippen molar-refractivity contribution in [2.45, 2.75) is 13.0 Å². The molecular formula is C14H15N. The monoisotopic (exact) mass is 197 g/mol. The predicted octanol–water partition coefficient (Wildman–Crippen LogP) is 2.83. The highest BCUT2D eigenvalue weighted by atomic mass is 15.1. The second kappa shape index (κ2) is 3.35. The average Bonchev–Trinajstić information content (AvgIpc) is 2.26. The second-order valence-electron chi connectivity index (χ2n) is 4.46. The van der Waals surface area contributed by atoms with Crippen LogP contribution in [0.3, 0.4) is 0 Å². The molecule has 3 rings (SSSR count). The summed E-state index contributed by atoms with van der Waals surface area (Å²) in [7, 11) is 2.19. The molecule has 0 aliphatic carbocycles. The first-order valence-electron chi connectivity index (χ1n) is 5.52. The zero-order valence-corrected chi connectivity index (χ0v) is 9.03. The molecule has 76 valence electrons. The van der Waals surface area contributed by atoms with E-state index in [1.807, 2.05) is 0 Å². The fourth-order valence-electron chi connectivity index (χ4n) is 2.40. The van der Waals surface area contributed by atoms with Crippen LogP contribution in [0.4, 0.5) is 0 Å². The fraction of sp³-hybridized carbons (Fsp3) is 0.286. The molecule has 0 aromatic heterocycles. The standard InChI is InChI=1S/C14H15N/c1-15-7-6-13-8-11-4-2-3-5-12(11)9-14(13)10-15/h2-5,8-9H,6-7,10H2,1H3. The summed E-state index contributed by atoms with van der Waals surface area (Å²) in [6.45, 7) is 2.28. The van der Waals surface area contributed by atoms with Crippen molar-refractivity contribution in [3.05, 3.63) is 47.5 Å². The summed E-state index contributed by atoms with van der Waals surface area (Å²) in [5.74, 6) is 0. The van der Waals surface area contributed by atoms with Gasteiger partial charge in [0.05, 0.1) is 0 Å². The number of hydrogen-bond acceptors (Lipinski definition) is 1. The van der Waals surface area contributed by atoms with Crippen LogP contribution in [0.15, 0.2) is 36.4 Å². The van der Waals surface area contributed by atoms with Gasteiger partial charge in [-0.3, -0.25) is 0 Å². The zero-order chi connectivity index (χ0) is 10.3. The van der Waals surface area contributed by atoms with E-state index in [4.69, 9.17) is 0 Å². The van der Waals surface area contributed by atoms with Crippen LogP contribution in [-0.2, 0) is 13.0 Å². The Balaban J connectivity index is 2.20. The highest BCUT2D eigenvalue weighted by molar-refractivity contribution is 5.84. The number of likely N-dealkylation sites (N-methyl/N-ethyl adjacent to an activating group) is 1. The molecule has 1 heterocycles. The molecule has 0 unspecified atom stereocenters. The van der Waals surface area contributed by atoms with Crippen LogP contribution in [-0.4, -0.2) is 18.5 Å². The Morgan fingerprint density at radius 2 is 1.67 bits per heavy atom. The maximum absolute atomic E-state index is 2.39. The summed E-state index contributed by atoms with van der Waals surface area (Å²) >= 11 is 0. The lowest BCUT2D eigenvalue weighted by Crippen LogP contribution is -2.26. The van der Waals surface area contributed by atoms with Crippen molar-refractivity contribution >= 4 is 10.8 Å². The molecule has 1 aliphatic rings. The van der Waals surface area contributed by atoms with E-state index >= 15 is 0 Å². The lowest BCUT2D eigenvalue weighted by atomic mass is 9.96. The normalized spacial score (nSPS) is 16.6. The molecule has 0 bridgehead atoms. The van der Waals surface area contributed by atoms with Crippen LogP contribution in [0.5, 0.6) is 0 Å². The lowest BCUT2D eigenvalue weighted by Gasteiger charge is -2.25. The zero-order valence-electron chi connectivity index (χ0n) is 9.03. The summed E-state index contributed by atoms with van der Waals surface area (Å²) in [5.41, 5.74) is 3.04. The minimum atomic E-state index is 1.10. The van der Waals surface area contributed by atoms with E-state index in [2.05, 4.69) is 48.3 Å². The third kappa shape index (κ3) is 1.53. The van der Waals surface area contributed by atoms with Gasteiger partial charge in [-0.05, 0) is 41.4 Å². The Morgan fingerprint density at radius 1 is 1.00 bits per heavy atom. The predicted molar refractivity (Wildman–Crippen MR) is 64.0 cm³/mol. The SMILES string of the molecule is CN1CCc2cc3ccccc3cc2C1. The molecule has 0 saturated heterocycles. The van der Waals surface area contributed by atoms with Gasteiger partial charge < -0.3 is 4.90 Å². The number of benzene rings is 2. The molecule has 0 saturated carbocycles. The van der Waals surface area contributed by atoms with Gasteiger partial charge in [0.2, 0.25) is 0 Å². The fourth-order valence-corrected chi connectivity index (χ4v) is 2.40. The molecule has 0 radical (unpaired) electrons. The van der Waals surface area contributed by atoms with Gasteiger partial charge in [-0.2, -0.15) is 0 Å². The Bertz CT molecular complexity index is 502. The summed E-state index contributed by atoms with van der Waals surface area (Å²) in [5, 5.41) is 2.74. The second-order valence-corrected chi connectivity index (χ2v) is 4.46. The van der Waals surface area contributed by atoms with Crippen molar-refractivity contribution in [1.82, 2.24) is 4.90 Å². The molecule has 0 amide bonds. The minimum Gasteiger partial charge on any atom is -0.302 e. The van der Waals surface area contributed by atoms with E-state index in [-0.39, 0.29) is 0 Å². The van der Waals surface area contributed by atoms with Crippen LogP contribution in [0, 0.1) is 0 Å². The molecule has 0 atom stereocenters. The van der Waals surface area contributed by atoms with Crippen molar-refractivity contribution in [3.8, 4) is 0 Å². The molecule has 2 aromatic carbocycles. The summed E-state index contributed by atoms with van der Waals surface area (Å²) in [6.07, 6.45) is 1.19. The number of rotatable bonds is 0. The highest BCUT2D eigenvalue weighted by Gasteiger charge is 2.13. The molecule has 1 aliphatic heterocycles. The van der Waals surface area contributed by atoms with Crippen molar-refractivity contribution in [3.63, 3.8) is 0 Å². The highest BCUT2D eigenvalue weighted by Crippen LogP contribution is 2.24. The van der Waals surface area contributed by atoms with Crippen molar-refractivity contribution in [2.75, 3.05) is 13.6 Å². The van der Waals surface area contributed by atoms with E-state index in [1.165, 1.54) is 34.9 Å². The van der Waals surface area contributed by atoms with Gasteiger partial charge >= 0.3 is 0 Å². The first-order valence-corrected chi connectivity index (χ1v) is 5.52. The van der Waals surface area contributed by atoms with Gasteiger partial charge in [-0.1, -0.05) is 30.3 Å². The Kier molecular flexibility index (Phi) is 2.00. The summed E-state index contributed by atoms with van der Waals surface area (Å²) in [6, 6.07) is 13.3. The smallest absolute Gasteiger partial charge is 0.0233 e. The van der Waals surface area contributed by atoms with Gasteiger partial charge in [0.25, 0.3) is 0 Å². The average molecular weight is 197 g/mol. The van der Waals surface area contributed by atoms with Gasteiger partial charge in [0.15, 0.2) is 0 Å². The van der Waals surface area contributed by atoms with E-state index in [0.29, 0.717) is 0 Å². The molecule has 0 fully saturated rings. The first-order chi connectivity index (χ1) is 7.33. The van der Waals surface area contributed by atoms with E-state index in [9.17, 15) is 0 Å². The van der Waals surface area contributed by atoms with E-state index < -0.39 is 0 Å². The quantitative estimate of drug-likeness (QED) is 0.627. The molecule has 0 spiro atoms. The first kappa shape index (κ1) is 8.93. The number of hydrogen-bond donors (Lipinski definition) is 0. The van der Waals surface area contributed by atoms with Crippen LogP contribution < -0.4 is 0 Å². The largest absolute Gasteiger partial charge is 0.302 e. The molecule has 1 nitrogen and oxygen atoms in total. The maximum atomic E-state index is 2.39. The number of fused-ring (bicyclic) bond motifs is 2. The van der Waals surface area contributed by atoms with Crippen molar-refractivity contribution < 1.29 is 0 Å². The van der Waals surface area contributed by atoms with Gasteiger partial charge in [0, 0.05) is 13.1 Å². The molecule has 1 heteroatoms. The van der Waals surface area contributed by atoms with Crippen molar-refractivity contribution in [1.29, 1.82) is 0 Å². The third-order valence-corrected chi connectivity index (χ3v) is 3.27. The van der Waals surface area contributed by atoms with Crippen LogP contribution >= 0.6 is 0 Å². The Hall–Kier alpha value is -1.34. The van der Waals surface area contributed by atoms with Crippen molar-refractivity contribution in [2.24, 2.45) is 0 Å². The van der Waals surface area contributed by atoms with Crippen LogP contribution in [0.2, 0.25) is 0 Å². The Labute approximate surface area is 90.3 Å². The maximum Gasteiger partial charge on any atom is 0.0233 e. The topological polar surface area (TPSA) is 3.24 Å². The van der Waals surface area contributed by atoms with Gasteiger partial charge in [-0.25, -0.2) is 0 Å².